The van der Waals surface area contributed by atoms with E-state index in [0.29, 0.717) is 19.2 Å². The summed E-state index contributed by atoms with van der Waals surface area (Å²) in [4.78, 5) is 3.96. The molecule has 1 spiro atoms. The Morgan fingerprint density at radius 2 is 2.50 bits per heavy atom. The molecule has 0 radical (unpaired) electrons. The minimum absolute atomic E-state index is 0.190. The van der Waals surface area contributed by atoms with Gasteiger partial charge in [0.25, 0.3) is 6.02 Å². The second-order valence-electron chi connectivity index (χ2n) is 2.74. The topological polar surface area (TPSA) is 56.8 Å². The summed E-state index contributed by atoms with van der Waals surface area (Å²) in [5.74, 6) is 0. The van der Waals surface area contributed by atoms with Crippen molar-refractivity contribution in [2.45, 2.75) is 12.0 Å². The molecule has 4 nitrogen and oxygen atoms in total. The van der Waals surface area contributed by atoms with Gasteiger partial charge >= 0.3 is 0 Å². The van der Waals surface area contributed by atoms with Crippen LogP contribution in [0.5, 0.6) is 0 Å². The van der Waals surface area contributed by atoms with E-state index in [4.69, 9.17) is 15.2 Å². The molecule has 2 N–H and O–H groups in total. The molecule has 2 heterocycles. The van der Waals surface area contributed by atoms with Crippen molar-refractivity contribution in [2.24, 2.45) is 10.7 Å². The van der Waals surface area contributed by atoms with E-state index in [1.54, 1.807) is 0 Å². The Balaban J connectivity index is 2.07. The highest BCUT2D eigenvalue weighted by Gasteiger charge is 2.41. The van der Waals surface area contributed by atoms with Crippen molar-refractivity contribution in [1.29, 1.82) is 0 Å². The van der Waals surface area contributed by atoms with Gasteiger partial charge in [0.15, 0.2) is 5.60 Å². The van der Waals surface area contributed by atoms with Gasteiger partial charge in [-0.1, -0.05) is 0 Å². The first-order chi connectivity index (χ1) is 4.81. The number of rotatable bonds is 0. The van der Waals surface area contributed by atoms with Crippen molar-refractivity contribution in [3.05, 3.63) is 0 Å². The van der Waals surface area contributed by atoms with E-state index in [9.17, 15) is 0 Å². The van der Waals surface area contributed by atoms with Crippen LogP contribution in [0, 0.1) is 0 Å². The molecule has 1 saturated heterocycles. The molecule has 10 heavy (non-hydrogen) atoms. The second-order valence-corrected chi connectivity index (χ2v) is 2.74. The molecule has 1 fully saturated rings. The first kappa shape index (κ1) is 5.97. The zero-order valence-corrected chi connectivity index (χ0v) is 5.67. The maximum Gasteiger partial charge on any atom is 0.282 e. The van der Waals surface area contributed by atoms with E-state index in [2.05, 4.69) is 4.99 Å². The van der Waals surface area contributed by atoms with Gasteiger partial charge in [0.05, 0.1) is 19.8 Å². The molecular weight excluding hydrogens is 132 g/mol. The third kappa shape index (κ3) is 0.759. The maximum absolute atomic E-state index is 5.36. The van der Waals surface area contributed by atoms with E-state index in [1.165, 1.54) is 0 Å². The maximum atomic E-state index is 5.36. The largest absolute Gasteiger partial charge is 0.454 e. The molecule has 0 saturated carbocycles. The monoisotopic (exact) mass is 142 g/mol. The molecular formula is C6H10N2O2. The van der Waals surface area contributed by atoms with Crippen LogP contribution in [0.25, 0.3) is 0 Å². The van der Waals surface area contributed by atoms with Crippen LogP contribution in [0.2, 0.25) is 0 Å². The standard InChI is InChI=1S/C6H10N2O2/c7-5-8-3-6(10-5)1-2-9-4-6/h1-4H2,(H2,7,8). The Morgan fingerprint density at radius 1 is 1.60 bits per heavy atom. The van der Waals surface area contributed by atoms with Gasteiger partial charge in [0, 0.05) is 6.42 Å². The molecule has 0 aromatic carbocycles. The molecule has 1 unspecified atom stereocenters. The predicted molar refractivity (Wildman–Crippen MR) is 35.7 cm³/mol. The lowest BCUT2D eigenvalue weighted by Crippen LogP contribution is -2.34. The van der Waals surface area contributed by atoms with Gasteiger partial charge in [-0.25, -0.2) is 4.99 Å². The summed E-state index contributed by atoms with van der Waals surface area (Å²) in [5, 5.41) is 0. The molecule has 4 heteroatoms. The zero-order chi connectivity index (χ0) is 7.03. The summed E-state index contributed by atoms with van der Waals surface area (Å²) in [5.41, 5.74) is 5.17. The van der Waals surface area contributed by atoms with Crippen molar-refractivity contribution in [1.82, 2.24) is 0 Å². The lowest BCUT2D eigenvalue weighted by molar-refractivity contribution is 0.0637. The van der Waals surface area contributed by atoms with Crippen molar-refractivity contribution in [3.63, 3.8) is 0 Å². The third-order valence-electron chi connectivity index (χ3n) is 1.91. The fourth-order valence-corrected chi connectivity index (χ4v) is 1.30. The average Bonchev–Trinajstić information content (AvgIpc) is 2.46. The molecule has 2 aliphatic heterocycles. The fraction of sp³-hybridized carbons (Fsp3) is 0.833. The van der Waals surface area contributed by atoms with Gasteiger partial charge in [0.2, 0.25) is 0 Å². The zero-order valence-electron chi connectivity index (χ0n) is 5.67. The summed E-state index contributed by atoms with van der Waals surface area (Å²) in [6.07, 6.45) is 0.914. The number of aliphatic imine (C=N–C) groups is 1. The van der Waals surface area contributed by atoms with E-state index in [1.807, 2.05) is 0 Å². The van der Waals surface area contributed by atoms with Crippen LogP contribution in [0.3, 0.4) is 0 Å². The van der Waals surface area contributed by atoms with Crippen LogP contribution in [0.15, 0.2) is 4.99 Å². The minimum Gasteiger partial charge on any atom is -0.454 e. The molecule has 2 rings (SSSR count). The quantitative estimate of drug-likeness (QED) is 0.495. The predicted octanol–water partition coefficient (Wildman–Crippen LogP) is -0.510. The van der Waals surface area contributed by atoms with Gasteiger partial charge in [-0.15, -0.1) is 0 Å². The van der Waals surface area contributed by atoms with Gasteiger partial charge in [0.1, 0.15) is 0 Å². The van der Waals surface area contributed by atoms with Crippen LogP contribution in [0.1, 0.15) is 6.42 Å². The minimum atomic E-state index is -0.190. The summed E-state index contributed by atoms with van der Waals surface area (Å²) in [7, 11) is 0. The molecule has 0 aliphatic carbocycles. The fourth-order valence-electron chi connectivity index (χ4n) is 1.30. The van der Waals surface area contributed by atoms with Crippen LogP contribution in [0.4, 0.5) is 0 Å². The Kier molecular flexibility index (Phi) is 1.11. The third-order valence-corrected chi connectivity index (χ3v) is 1.91. The molecule has 0 bridgehead atoms. The van der Waals surface area contributed by atoms with Crippen LogP contribution < -0.4 is 5.73 Å². The molecule has 0 aromatic heterocycles. The van der Waals surface area contributed by atoms with E-state index in [-0.39, 0.29) is 5.60 Å². The normalized spacial score (nSPS) is 38.2. The summed E-state index contributed by atoms with van der Waals surface area (Å²) < 4.78 is 10.5. The molecule has 2 aliphatic rings. The number of nitrogens with zero attached hydrogens (tertiary/aromatic N) is 1. The SMILES string of the molecule is NC1=NCC2(CCOC2)O1. The van der Waals surface area contributed by atoms with Crippen molar-refractivity contribution >= 4 is 6.02 Å². The summed E-state index contributed by atoms with van der Waals surface area (Å²) >= 11 is 0. The highest BCUT2D eigenvalue weighted by molar-refractivity contribution is 5.73. The highest BCUT2D eigenvalue weighted by Crippen LogP contribution is 2.26. The highest BCUT2D eigenvalue weighted by atomic mass is 16.6. The van der Waals surface area contributed by atoms with Crippen LogP contribution in [-0.2, 0) is 9.47 Å². The Labute approximate surface area is 59.0 Å². The van der Waals surface area contributed by atoms with Gasteiger partial charge in [-0.2, -0.15) is 0 Å². The lowest BCUT2D eigenvalue weighted by Gasteiger charge is -2.18. The molecule has 0 amide bonds. The number of ether oxygens (including phenoxy) is 2. The number of amidine groups is 1. The average molecular weight is 142 g/mol. The Morgan fingerprint density at radius 3 is 3.00 bits per heavy atom. The van der Waals surface area contributed by atoms with E-state index < -0.39 is 0 Å². The Hall–Kier alpha value is -0.770. The molecule has 1 atom stereocenters. The van der Waals surface area contributed by atoms with Crippen molar-refractivity contribution in [2.75, 3.05) is 19.8 Å². The first-order valence-corrected chi connectivity index (χ1v) is 3.37. The van der Waals surface area contributed by atoms with E-state index >= 15 is 0 Å². The van der Waals surface area contributed by atoms with Gasteiger partial charge in [-0.05, 0) is 0 Å². The van der Waals surface area contributed by atoms with Crippen LogP contribution >= 0.6 is 0 Å². The number of hydrogen-bond donors (Lipinski definition) is 1. The molecule has 56 valence electrons. The second kappa shape index (κ2) is 1.85. The Bertz CT molecular complexity index is 173. The molecule has 0 aromatic rings. The number of nitrogens with two attached hydrogens (primary N) is 1. The summed E-state index contributed by atoms with van der Waals surface area (Å²) in [6.45, 7) is 2.07. The van der Waals surface area contributed by atoms with Crippen LogP contribution in [-0.4, -0.2) is 31.4 Å². The van der Waals surface area contributed by atoms with Gasteiger partial charge < -0.3 is 15.2 Å². The van der Waals surface area contributed by atoms with E-state index in [0.717, 1.165) is 13.0 Å². The summed E-state index contributed by atoms with van der Waals surface area (Å²) in [6, 6.07) is 0.311. The first-order valence-electron chi connectivity index (χ1n) is 3.37. The van der Waals surface area contributed by atoms with Gasteiger partial charge in [-0.3, -0.25) is 0 Å². The lowest BCUT2D eigenvalue weighted by atomic mass is 10.1. The van der Waals surface area contributed by atoms with Crippen molar-refractivity contribution < 1.29 is 9.47 Å². The number of hydrogen-bond acceptors (Lipinski definition) is 4. The van der Waals surface area contributed by atoms with Crippen molar-refractivity contribution in [3.8, 4) is 0 Å². The smallest absolute Gasteiger partial charge is 0.282 e.